The predicted molar refractivity (Wildman–Crippen MR) is 115 cm³/mol. The molecule has 1 fully saturated rings. The number of ether oxygens (including phenoxy) is 2. The molecule has 1 amide bonds. The fourth-order valence-electron chi connectivity index (χ4n) is 4.26. The van der Waals surface area contributed by atoms with Gasteiger partial charge in [-0.1, -0.05) is 43.5 Å². The zero-order valence-electron chi connectivity index (χ0n) is 17.1. The standard InChI is InChI=1S/C24H30N2O3/c1-18(19-12-13-22-23(16-19)29-15-14-28-22)25-17-24(27)26(20-8-4-2-5-9-20)21-10-6-3-7-11-21/h2,4-5,8-9,12-13,16,18,21,25H,3,6-7,10-11,14-15,17H2,1H3/t18-/m1/s1. The summed E-state index contributed by atoms with van der Waals surface area (Å²) >= 11 is 0. The van der Waals surface area contributed by atoms with E-state index in [1.54, 1.807) is 0 Å². The number of amides is 1. The molecule has 1 atom stereocenters. The van der Waals surface area contributed by atoms with Crippen molar-refractivity contribution < 1.29 is 14.3 Å². The minimum atomic E-state index is 0.0405. The van der Waals surface area contributed by atoms with Gasteiger partial charge in [-0.3, -0.25) is 4.79 Å². The van der Waals surface area contributed by atoms with Gasteiger partial charge in [-0.2, -0.15) is 0 Å². The van der Waals surface area contributed by atoms with Gasteiger partial charge in [0.15, 0.2) is 11.5 Å². The summed E-state index contributed by atoms with van der Waals surface area (Å²) in [5.41, 5.74) is 2.09. The van der Waals surface area contributed by atoms with Crippen LogP contribution in [-0.2, 0) is 4.79 Å². The molecular formula is C24H30N2O3. The molecule has 29 heavy (non-hydrogen) atoms. The lowest BCUT2D eigenvalue weighted by molar-refractivity contribution is -0.118. The van der Waals surface area contributed by atoms with E-state index in [0.717, 1.165) is 35.6 Å². The van der Waals surface area contributed by atoms with Crippen LogP contribution < -0.4 is 19.7 Å². The molecular weight excluding hydrogens is 364 g/mol. The molecule has 0 saturated heterocycles. The van der Waals surface area contributed by atoms with Crippen LogP contribution in [0.1, 0.15) is 50.6 Å². The van der Waals surface area contributed by atoms with E-state index in [1.165, 1.54) is 19.3 Å². The molecule has 1 heterocycles. The summed E-state index contributed by atoms with van der Waals surface area (Å²) in [5.74, 6) is 1.70. The van der Waals surface area contributed by atoms with Gasteiger partial charge in [0, 0.05) is 17.8 Å². The number of para-hydroxylation sites is 1. The highest BCUT2D eigenvalue weighted by molar-refractivity contribution is 5.95. The summed E-state index contributed by atoms with van der Waals surface area (Å²) in [6.07, 6.45) is 5.83. The van der Waals surface area contributed by atoms with Crippen molar-refractivity contribution >= 4 is 11.6 Å². The number of benzene rings is 2. The van der Waals surface area contributed by atoms with Crippen LogP contribution in [-0.4, -0.2) is 31.7 Å². The quantitative estimate of drug-likeness (QED) is 0.785. The Morgan fingerprint density at radius 2 is 1.76 bits per heavy atom. The fraction of sp³-hybridized carbons (Fsp3) is 0.458. The first-order chi connectivity index (χ1) is 14.2. The lowest BCUT2D eigenvalue weighted by atomic mass is 9.93. The second-order valence-electron chi connectivity index (χ2n) is 7.90. The molecule has 154 valence electrons. The number of fused-ring (bicyclic) bond motifs is 1. The Kier molecular flexibility index (Phi) is 6.35. The summed E-state index contributed by atoms with van der Waals surface area (Å²) in [7, 11) is 0. The Balaban J connectivity index is 1.43. The fourth-order valence-corrected chi connectivity index (χ4v) is 4.26. The molecule has 1 saturated carbocycles. The maximum Gasteiger partial charge on any atom is 0.241 e. The SMILES string of the molecule is C[C@@H](NCC(=O)N(c1ccccc1)C1CCCCC1)c1ccc2c(c1)OCCO2. The van der Waals surface area contributed by atoms with Gasteiger partial charge in [0.05, 0.1) is 6.54 Å². The summed E-state index contributed by atoms with van der Waals surface area (Å²) in [6.45, 7) is 3.54. The molecule has 2 aromatic carbocycles. The normalized spacial score (nSPS) is 17.6. The van der Waals surface area contributed by atoms with Crippen molar-refractivity contribution in [2.75, 3.05) is 24.7 Å². The zero-order valence-corrected chi connectivity index (χ0v) is 17.1. The molecule has 2 aromatic rings. The van der Waals surface area contributed by atoms with Crippen molar-refractivity contribution in [3.63, 3.8) is 0 Å². The number of hydrogen-bond acceptors (Lipinski definition) is 4. The number of carbonyl (C=O) groups excluding carboxylic acids is 1. The van der Waals surface area contributed by atoms with E-state index in [2.05, 4.69) is 12.2 Å². The zero-order chi connectivity index (χ0) is 20.1. The Morgan fingerprint density at radius 1 is 1.03 bits per heavy atom. The van der Waals surface area contributed by atoms with Crippen molar-refractivity contribution in [2.45, 2.75) is 51.1 Å². The second-order valence-corrected chi connectivity index (χ2v) is 7.90. The van der Waals surface area contributed by atoms with E-state index in [1.807, 2.05) is 53.4 Å². The van der Waals surface area contributed by atoms with Crippen LogP contribution in [0.25, 0.3) is 0 Å². The molecule has 0 bridgehead atoms. The molecule has 5 heteroatoms. The summed E-state index contributed by atoms with van der Waals surface area (Å²) < 4.78 is 11.3. The molecule has 4 rings (SSSR count). The van der Waals surface area contributed by atoms with E-state index in [9.17, 15) is 4.79 Å². The van der Waals surface area contributed by atoms with Crippen molar-refractivity contribution in [1.29, 1.82) is 0 Å². The molecule has 1 aliphatic carbocycles. The van der Waals surface area contributed by atoms with Crippen molar-refractivity contribution in [1.82, 2.24) is 5.32 Å². The molecule has 1 aliphatic heterocycles. The predicted octanol–water partition coefficient (Wildman–Crippen LogP) is 4.47. The molecule has 2 aliphatic rings. The van der Waals surface area contributed by atoms with Crippen LogP contribution in [0.3, 0.4) is 0 Å². The molecule has 0 radical (unpaired) electrons. The van der Waals surface area contributed by atoms with Crippen molar-refractivity contribution in [3.05, 3.63) is 54.1 Å². The summed E-state index contributed by atoms with van der Waals surface area (Å²) in [6, 6.07) is 16.4. The third kappa shape index (κ3) is 4.73. The largest absolute Gasteiger partial charge is 0.486 e. The van der Waals surface area contributed by atoms with Gasteiger partial charge in [-0.25, -0.2) is 0 Å². The average Bonchev–Trinajstić information content (AvgIpc) is 2.79. The van der Waals surface area contributed by atoms with Crippen LogP contribution in [0, 0.1) is 0 Å². The van der Waals surface area contributed by atoms with E-state index >= 15 is 0 Å². The topological polar surface area (TPSA) is 50.8 Å². The van der Waals surface area contributed by atoms with Gasteiger partial charge >= 0.3 is 0 Å². The highest BCUT2D eigenvalue weighted by atomic mass is 16.6. The van der Waals surface area contributed by atoms with Crippen LogP contribution in [0.2, 0.25) is 0 Å². The Bertz CT molecular complexity index is 818. The third-order valence-electron chi connectivity index (χ3n) is 5.87. The van der Waals surface area contributed by atoms with Gasteiger partial charge in [0.1, 0.15) is 13.2 Å². The maximum absolute atomic E-state index is 13.2. The third-order valence-corrected chi connectivity index (χ3v) is 5.87. The second kappa shape index (κ2) is 9.31. The molecule has 0 unspecified atom stereocenters. The lowest BCUT2D eigenvalue weighted by Gasteiger charge is -2.35. The van der Waals surface area contributed by atoms with Crippen LogP contribution in [0.5, 0.6) is 11.5 Å². The number of rotatable bonds is 6. The maximum atomic E-state index is 13.2. The molecule has 1 N–H and O–H groups in total. The average molecular weight is 395 g/mol. The van der Waals surface area contributed by atoms with E-state index in [4.69, 9.17) is 9.47 Å². The summed E-state index contributed by atoms with van der Waals surface area (Å²) in [5, 5.41) is 3.41. The molecule has 0 aromatic heterocycles. The Morgan fingerprint density at radius 3 is 2.52 bits per heavy atom. The van der Waals surface area contributed by atoms with Gasteiger partial charge < -0.3 is 19.7 Å². The number of anilines is 1. The molecule has 0 spiro atoms. The minimum Gasteiger partial charge on any atom is -0.486 e. The number of nitrogens with zero attached hydrogens (tertiary/aromatic N) is 1. The first-order valence-corrected chi connectivity index (χ1v) is 10.7. The first-order valence-electron chi connectivity index (χ1n) is 10.7. The van der Waals surface area contributed by atoms with Gasteiger partial charge in [-0.15, -0.1) is 0 Å². The number of hydrogen-bond donors (Lipinski definition) is 1. The highest BCUT2D eigenvalue weighted by Crippen LogP contribution is 2.32. The van der Waals surface area contributed by atoms with Gasteiger partial charge in [-0.05, 0) is 49.6 Å². The van der Waals surface area contributed by atoms with Crippen LogP contribution in [0.15, 0.2) is 48.5 Å². The van der Waals surface area contributed by atoms with E-state index in [-0.39, 0.29) is 11.9 Å². The monoisotopic (exact) mass is 394 g/mol. The van der Waals surface area contributed by atoms with Crippen molar-refractivity contribution in [2.24, 2.45) is 0 Å². The lowest BCUT2D eigenvalue weighted by Crippen LogP contribution is -2.46. The van der Waals surface area contributed by atoms with Gasteiger partial charge in [0.2, 0.25) is 5.91 Å². The Hall–Kier alpha value is -2.53. The van der Waals surface area contributed by atoms with Crippen LogP contribution >= 0.6 is 0 Å². The van der Waals surface area contributed by atoms with E-state index < -0.39 is 0 Å². The minimum absolute atomic E-state index is 0.0405. The first kappa shape index (κ1) is 19.8. The smallest absolute Gasteiger partial charge is 0.241 e. The number of nitrogens with one attached hydrogen (secondary N) is 1. The van der Waals surface area contributed by atoms with Crippen LogP contribution in [0.4, 0.5) is 5.69 Å². The van der Waals surface area contributed by atoms with E-state index in [0.29, 0.717) is 25.8 Å². The highest BCUT2D eigenvalue weighted by Gasteiger charge is 2.27. The van der Waals surface area contributed by atoms with Crippen molar-refractivity contribution in [3.8, 4) is 11.5 Å². The summed E-state index contributed by atoms with van der Waals surface area (Å²) in [4.78, 5) is 15.2. The number of carbonyl (C=O) groups is 1. The molecule has 5 nitrogen and oxygen atoms in total. The van der Waals surface area contributed by atoms with Gasteiger partial charge in [0.25, 0.3) is 0 Å². The Labute approximate surface area is 173 Å².